The van der Waals surface area contributed by atoms with Crippen LogP contribution in [0.2, 0.25) is 0 Å². The number of carbonyl (C=O) groups is 1. The van der Waals surface area contributed by atoms with Crippen LogP contribution in [0.5, 0.6) is 0 Å². The average molecular weight is 250 g/mol. The van der Waals surface area contributed by atoms with Gasteiger partial charge < -0.3 is 9.84 Å². The van der Waals surface area contributed by atoms with Gasteiger partial charge in [-0.05, 0) is 44.9 Å². The predicted octanol–water partition coefficient (Wildman–Crippen LogP) is 2.74. The predicted molar refractivity (Wildman–Crippen MR) is 69.0 cm³/mol. The molecule has 3 heteroatoms. The number of rotatable bonds is 2. The van der Waals surface area contributed by atoms with E-state index >= 15 is 0 Å². The molecule has 0 radical (unpaired) electrons. The third-order valence-corrected chi connectivity index (χ3v) is 4.19. The van der Waals surface area contributed by atoms with Crippen LogP contribution in [0.1, 0.15) is 51.9 Å². The molecule has 2 aliphatic rings. The van der Waals surface area contributed by atoms with E-state index in [9.17, 15) is 9.90 Å². The summed E-state index contributed by atoms with van der Waals surface area (Å²) >= 11 is 0. The van der Waals surface area contributed by atoms with Crippen molar-refractivity contribution in [2.45, 2.75) is 57.5 Å². The summed E-state index contributed by atoms with van der Waals surface area (Å²) in [5.41, 5.74) is 3.21. The first-order valence-electron chi connectivity index (χ1n) is 7.02. The number of esters is 1. The molecule has 0 aromatic heterocycles. The van der Waals surface area contributed by atoms with Crippen LogP contribution in [0.3, 0.4) is 0 Å². The third kappa shape index (κ3) is 2.68. The summed E-state index contributed by atoms with van der Waals surface area (Å²) in [4.78, 5) is 11.3. The topological polar surface area (TPSA) is 46.5 Å². The lowest BCUT2D eigenvalue weighted by atomic mass is 9.65. The smallest absolute Gasteiger partial charge is 0.338 e. The molecule has 100 valence electrons. The van der Waals surface area contributed by atoms with E-state index < -0.39 is 5.60 Å². The minimum Gasteiger partial charge on any atom is -0.462 e. The largest absolute Gasteiger partial charge is 0.462 e. The lowest BCUT2D eigenvalue weighted by molar-refractivity contribution is -0.137. The molecule has 0 amide bonds. The molecule has 2 fully saturated rings. The van der Waals surface area contributed by atoms with E-state index in [0.717, 1.165) is 44.1 Å². The average Bonchev–Trinajstić information content (AvgIpc) is 2.36. The third-order valence-electron chi connectivity index (χ3n) is 4.19. The van der Waals surface area contributed by atoms with Crippen LogP contribution in [0, 0.1) is 5.92 Å². The molecule has 0 saturated heterocycles. The highest BCUT2D eigenvalue weighted by molar-refractivity contribution is 5.81. The summed E-state index contributed by atoms with van der Waals surface area (Å²) in [5, 5.41) is 10.8. The first-order chi connectivity index (χ1) is 8.66. The minimum atomic E-state index is -0.709. The molecule has 0 aromatic carbocycles. The normalized spacial score (nSPS) is 31.2. The summed E-state index contributed by atoms with van der Waals surface area (Å²) in [6, 6.07) is 0. The Balaban J connectivity index is 2.20. The van der Waals surface area contributed by atoms with Crippen molar-refractivity contribution in [2.24, 2.45) is 5.92 Å². The Morgan fingerprint density at radius 3 is 3.06 bits per heavy atom. The van der Waals surface area contributed by atoms with E-state index in [4.69, 9.17) is 4.74 Å². The molecule has 3 nitrogen and oxygen atoms in total. The molecule has 0 unspecified atom stereocenters. The van der Waals surface area contributed by atoms with Crippen molar-refractivity contribution >= 4 is 5.97 Å². The summed E-state index contributed by atoms with van der Waals surface area (Å²) in [6.07, 6.45) is 8.57. The van der Waals surface area contributed by atoms with Crippen LogP contribution < -0.4 is 0 Å². The molecule has 2 atom stereocenters. The molecule has 2 aliphatic carbocycles. The highest BCUT2D eigenvalue weighted by Crippen LogP contribution is 2.46. The Bertz CT molecular complexity index is 377. The molecule has 2 saturated carbocycles. The number of fused-ring (bicyclic) bond motifs is 1. The SMILES string of the molecule is CCOC(=O)C=C=C1CCC[C@H]2CCCC[C@]12O. The second-order valence-corrected chi connectivity index (χ2v) is 5.28. The first-order valence-corrected chi connectivity index (χ1v) is 7.02. The Kier molecular flexibility index (Phi) is 4.26. The highest BCUT2D eigenvalue weighted by atomic mass is 16.5. The van der Waals surface area contributed by atoms with Crippen LogP contribution in [0.4, 0.5) is 0 Å². The van der Waals surface area contributed by atoms with Gasteiger partial charge in [0.2, 0.25) is 0 Å². The molecular weight excluding hydrogens is 228 g/mol. The second-order valence-electron chi connectivity index (χ2n) is 5.28. The summed E-state index contributed by atoms with van der Waals surface area (Å²) in [6.45, 7) is 2.16. The molecule has 0 aromatic rings. The molecule has 0 spiro atoms. The van der Waals surface area contributed by atoms with E-state index in [1.54, 1.807) is 6.92 Å². The maximum absolute atomic E-state index is 11.3. The second kappa shape index (κ2) is 5.73. The van der Waals surface area contributed by atoms with Crippen molar-refractivity contribution in [1.29, 1.82) is 0 Å². The van der Waals surface area contributed by atoms with Crippen molar-refractivity contribution in [1.82, 2.24) is 0 Å². The van der Waals surface area contributed by atoms with E-state index in [2.05, 4.69) is 5.73 Å². The minimum absolute atomic E-state index is 0.359. The zero-order valence-corrected chi connectivity index (χ0v) is 11.1. The van der Waals surface area contributed by atoms with E-state index in [-0.39, 0.29) is 5.97 Å². The fourth-order valence-electron chi connectivity index (χ4n) is 3.28. The number of ether oxygens (including phenoxy) is 1. The van der Waals surface area contributed by atoms with Crippen molar-refractivity contribution in [2.75, 3.05) is 6.61 Å². The fraction of sp³-hybridized carbons (Fsp3) is 0.733. The number of hydrogen-bond acceptors (Lipinski definition) is 3. The zero-order chi connectivity index (χ0) is 13.0. The summed E-state index contributed by atoms with van der Waals surface area (Å²) < 4.78 is 4.85. The molecule has 2 rings (SSSR count). The van der Waals surface area contributed by atoms with Gasteiger partial charge in [-0.1, -0.05) is 12.8 Å². The van der Waals surface area contributed by atoms with Gasteiger partial charge in [-0.25, -0.2) is 4.79 Å². The van der Waals surface area contributed by atoms with Crippen molar-refractivity contribution in [3.05, 3.63) is 17.4 Å². The van der Waals surface area contributed by atoms with Gasteiger partial charge in [-0.15, -0.1) is 5.73 Å². The van der Waals surface area contributed by atoms with Gasteiger partial charge in [0.15, 0.2) is 0 Å². The van der Waals surface area contributed by atoms with Crippen molar-refractivity contribution < 1.29 is 14.6 Å². The number of aliphatic hydroxyl groups is 1. The first kappa shape index (κ1) is 13.4. The monoisotopic (exact) mass is 250 g/mol. The zero-order valence-electron chi connectivity index (χ0n) is 11.1. The van der Waals surface area contributed by atoms with Gasteiger partial charge in [0, 0.05) is 5.57 Å². The van der Waals surface area contributed by atoms with Crippen molar-refractivity contribution in [3.8, 4) is 0 Å². The van der Waals surface area contributed by atoms with E-state index in [1.165, 1.54) is 12.5 Å². The van der Waals surface area contributed by atoms with Crippen LogP contribution in [0.15, 0.2) is 17.4 Å². The summed E-state index contributed by atoms with van der Waals surface area (Å²) in [5.74, 6) is -0.00960. The molecule has 1 N–H and O–H groups in total. The van der Waals surface area contributed by atoms with Crippen LogP contribution >= 0.6 is 0 Å². The lowest BCUT2D eigenvalue weighted by Crippen LogP contribution is -2.44. The van der Waals surface area contributed by atoms with Crippen molar-refractivity contribution in [3.63, 3.8) is 0 Å². The lowest BCUT2D eigenvalue weighted by Gasteiger charge is -2.44. The molecule has 18 heavy (non-hydrogen) atoms. The van der Waals surface area contributed by atoms with Crippen LogP contribution in [-0.2, 0) is 9.53 Å². The Hall–Kier alpha value is -1.05. The standard InChI is InChI=1S/C15H22O3/c1-2-18-14(16)10-9-13-8-5-7-12-6-3-4-11-15(12,13)17/h10,12,17H,2-8,11H2,1H3/t9?,12-,15-/m1/s1. The van der Waals surface area contributed by atoms with E-state index in [1.807, 2.05) is 0 Å². The van der Waals surface area contributed by atoms with Gasteiger partial charge >= 0.3 is 5.97 Å². The maximum Gasteiger partial charge on any atom is 0.338 e. The Morgan fingerprint density at radius 2 is 2.28 bits per heavy atom. The number of hydrogen-bond donors (Lipinski definition) is 1. The van der Waals surface area contributed by atoms with Gasteiger partial charge in [0.1, 0.15) is 0 Å². The molecule has 0 bridgehead atoms. The molecule has 0 aliphatic heterocycles. The maximum atomic E-state index is 11.3. The van der Waals surface area contributed by atoms with Gasteiger partial charge in [0.05, 0.1) is 18.3 Å². The fourth-order valence-corrected chi connectivity index (χ4v) is 3.28. The Labute approximate surface area is 109 Å². The quantitative estimate of drug-likeness (QED) is 0.465. The molecular formula is C15H22O3. The highest BCUT2D eigenvalue weighted by Gasteiger charge is 2.43. The van der Waals surface area contributed by atoms with Gasteiger partial charge in [0.25, 0.3) is 0 Å². The van der Waals surface area contributed by atoms with Gasteiger partial charge in [-0.2, -0.15) is 0 Å². The Morgan fingerprint density at radius 1 is 1.50 bits per heavy atom. The van der Waals surface area contributed by atoms with Crippen LogP contribution in [-0.4, -0.2) is 23.3 Å². The van der Waals surface area contributed by atoms with Gasteiger partial charge in [-0.3, -0.25) is 0 Å². The summed E-state index contributed by atoms with van der Waals surface area (Å²) in [7, 11) is 0. The molecule has 0 heterocycles. The van der Waals surface area contributed by atoms with E-state index in [0.29, 0.717) is 12.5 Å². The number of carbonyl (C=O) groups excluding carboxylic acids is 1. The van der Waals surface area contributed by atoms with Crippen LogP contribution in [0.25, 0.3) is 0 Å².